The highest BCUT2D eigenvalue weighted by Gasteiger charge is 2.19. The SMILES string of the molecule is O=C(Cn1nc2c(-c3nc(-c4cccc(F)c4)no3)cccn2c1=O)Nc1ccc(Cl)cc1F. The second-order valence-corrected chi connectivity index (χ2v) is 7.60. The molecule has 0 aliphatic heterocycles. The molecule has 170 valence electrons. The van der Waals surface area contributed by atoms with Gasteiger partial charge in [-0.1, -0.05) is 28.9 Å². The van der Waals surface area contributed by atoms with Crippen LogP contribution in [0.1, 0.15) is 0 Å². The van der Waals surface area contributed by atoms with Crippen molar-refractivity contribution in [2.45, 2.75) is 6.54 Å². The van der Waals surface area contributed by atoms with E-state index in [0.29, 0.717) is 11.1 Å². The van der Waals surface area contributed by atoms with Gasteiger partial charge in [-0.3, -0.25) is 4.79 Å². The van der Waals surface area contributed by atoms with E-state index < -0.39 is 29.8 Å². The van der Waals surface area contributed by atoms with Crippen molar-refractivity contribution in [1.29, 1.82) is 0 Å². The van der Waals surface area contributed by atoms with Gasteiger partial charge in [0.05, 0.1) is 11.3 Å². The molecular formula is C22H13ClF2N6O3. The number of carbonyl (C=O) groups is 1. The number of amides is 1. The molecule has 5 rings (SSSR count). The molecule has 5 aromatic rings. The molecule has 0 unspecified atom stereocenters. The number of benzene rings is 2. The quantitative estimate of drug-likeness (QED) is 0.408. The van der Waals surface area contributed by atoms with Gasteiger partial charge in [0.2, 0.25) is 11.7 Å². The van der Waals surface area contributed by atoms with Crippen LogP contribution in [0, 0.1) is 11.6 Å². The normalized spacial score (nSPS) is 11.1. The van der Waals surface area contributed by atoms with Crippen LogP contribution in [0.25, 0.3) is 28.5 Å². The molecule has 0 aliphatic rings. The fourth-order valence-electron chi connectivity index (χ4n) is 3.30. The average molecular weight is 483 g/mol. The summed E-state index contributed by atoms with van der Waals surface area (Å²) in [5, 5.41) is 10.6. The Bertz CT molecular complexity index is 1610. The zero-order valence-electron chi connectivity index (χ0n) is 17.1. The molecule has 12 heteroatoms. The van der Waals surface area contributed by atoms with E-state index in [4.69, 9.17) is 16.1 Å². The first-order chi connectivity index (χ1) is 16.4. The predicted octanol–water partition coefficient (Wildman–Crippen LogP) is 3.78. The smallest absolute Gasteiger partial charge is 0.333 e. The van der Waals surface area contributed by atoms with Crippen LogP contribution in [-0.2, 0) is 11.3 Å². The van der Waals surface area contributed by atoms with E-state index in [2.05, 4.69) is 20.6 Å². The Hall–Kier alpha value is -4.38. The second kappa shape index (κ2) is 8.52. The van der Waals surface area contributed by atoms with Crippen molar-refractivity contribution in [1.82, 2.24) is 24.3 Å². The second-order valence-electron chi connectivity index (χ2n) is 7.16. The van der Waals surface area contributed by atoms with Crippen molar-refractivity contribution in [2.75, 3.05) is 5.32 Å². The van der Waals surface area contributed by atoms with Crippen LogP contribution < -0.4 is 11.0 Å². The number of hydrogen-bond donors (Lipinski definition) is 1. The molecule has 0 fully saturated rings. The number of rotatable bonds is 5. The standard InChI is InChI=1S/C22H13ClF2N6O3/c23-13-6-7-17(16(25)10-13)26-18(32)11-31-22(33)30-8-2-5-15(20(30)28-31)21-27-19(29-34-21)12-3-1-4-14(24)9-12/h1-10H,11H2,(H,26,32). The van der Waals surface area contributed by atoms with Gasteiger partial charge in [0, 0.05) is 16.8 Å². The highest BCUT2D eigenvalue weighted by Crippen LogP contribution is 2.25. The number of halogens is 3. The first-order valence-electron chi connectivity index (χ1n) is 9.82. The number of aromatic nitrogens is 5. The lowest BCUT2D eigenvalue weighted by Gasteiger charge is -2.06. The fraction of sp³-hybridized carbons (Fsp3) is 0.0455. The molecule has 1 amide bonds. The Morgan fingerprint density at radius 3 is 2.76 bits per heavy atom. The van der Waals surface area contributed by atoms with Crippen molar-refractivity contribution in [3.63, 3.8) is 0 Å². The molecule has 1 N–H and O–H groups in total. The Balaban J connectivity index is 1.45. The lowest BCUT2D eigenvalue weighted by atomic mass is 10.2. The third-order valence-electron chi connectivity index (χ3n) is 4.85. The van der Waals surface area contributed by atoms with E-state index in [1.165, 1.54) is 40.9 Å². The summed E-state index contributed by atoms with van der Waals surface area (Å²) in [7, 11) is 0. The van der Waals surface area contributed by atoms with Crippen molar-refractivity contribution < 1.29 is 18.1 Å². The Kier molecular flexibility index (Phi) is 5.38. The fourth-order valence-corrected chi connectivity index (χ4v) is 3.46. The first-order valence-corrected chi connectivity index (χ1v) is 10.2. The van der Waals surface area contributed by atoms with E-state index in [0.717, 1.165) is 10.7 Å². The topological polar surface area (TPSA) is 107 Å². The molecular weight excluding hydrogens is 470 g/mol. The summed E-state index contributed by atoms with van der Waals surface area (Å²) < 4.78 is 34.9. The van der Waals surface area contributed by atoms with Crippen LogP contribution >= 0.6 is 11.6 Å². The van der Waals surface area contributed by atoms with Crippen LogP contribution in [0.15, 0.2) is 70.1 Å². The molecule has 0 radical (unpaired) electrons. The maximum absolute atomic E-state index is 14.0. The number of fused-ring (bicyclic) bond motifs is 1. The van der Waals surface area contributed by atoms with Gasteiger partial charge < -0.3 is 9.84 Å². The highest BCUT2D eigenvalue weighted by molar-refractivity contribution is 6.30. The lowest BCUT2D eigenvalue weighted by Crippen LogP contribution is -2.28. The van der Waals surface area contributed by atoms with Gasteiger partial charge in [0.15, 0.2) is 5.65 Å². The zero-order valence-corrected chi connectivity index (χ0v) is 17.8. The summed E-state index contributed by atoms with van der Waals surface area (Å²) in [4.78, 5) is 29.4. The van der Waals surface area contributed by atoms with Crippen LogP contribution in [0.2, 0.25) is 5.02 Å². The molecule has 3 heterocycles. The first kappa shape index (κ1) is 21.5. The van der Waals surface area contributed by atoms with Crippen molar-refractivity contribution in [2.24, 2.45) is 0 Å². The average Bonchev–Trinajstić information content (AvgIpc) is 3.41. The van der Waals surface area contributed by atoms with E-state index in [-0.39, 0.29) is 28.1 Å². The van der Waals surface area contributed by atoms with E-state index in [1.807, 2.05) is 0 Å². The van der Waals surface area contributed by atoms with Crippen molar-refractivity contribution >= 4 is 28.8 Å². The van der Waals surface area contributed by atoms with Crippen molar-refractivity contribution in [3.05, 3.63) is 87.9 Å². The summed E-state index contributed by atoms with van der Waals surface area (Å²) in [5.41, 5.74) is 0.220. The zero-order chi connectivity index (χ0) is 23.8. The summed E-state index contributed by atoms with van der Waals surface area (Å²) in [5.74, 6) is -1.62. The Morgan fingerprint density at radius 2 is 1.97 bits per heavy atom. The van der Waals surface area contributed by atoms with E-state index in [1.54, 1.807) is 18.2 Å². The minimum atomic E-state index is -0.712. The van der Waals surface area contributed by atoms with Gasteiger partial charge in [-0.05, 0) is 42.5 Å². The molecule has 0 saturated carbocycles. The number of carbonyl (C=O) groups excluding carboxylic acids is 1. The molecule has 0 atom stereocenters. The Morgan fingerprint density at radius 1 is 1.12 bits per heavy atom. The maximum Gasteiger partial charge on any atom is 0.350 e. The minimum Gasteiger partial charge on any atom is -0.333 e. The molecule has 9 nitrogen and oxygen atoms in total. The van der Waals surface area contributed by atoms with Gasteiger partial charge in [-0.2, -0.15) is 4.98 Å². The van der Waals surface area contributed by atoms with Crippen LogP contribution in [-0.4, -0.2) is 30.2 Å². The van der Waals surface area contributed by atoms with Gasteiger partial charge in [0.25, 0.3) is 5.89 Å². The van der Waals surface area contributed by atoms with Crippen LogP contribution in [0.3, 0.4) is 0 Å². The number of nitrogens with one attached hydrogen (secondary N) is 1. The predicted molar refractivity (Wildman–Crippen MR) is 118 cm³/mol. The van der Waals surface area contributed by atoms with Gasteiger partial charge in [0.1, 0.15) is 18.2 Å². The summed E-state index contributed by atoms with van der Waals surface area (Å²) in [6.07, 6.45) is 1.46. The molecule has 0 bridgehead atoms. The number of anilines is 1. The van der Waals surface area contributed by atoms with Gasteiger partial charge in [-0.15, -0.1) is 5.10 Å². The molecule has 2 aromatic carbocycles. The number of pyridine rings is 1. The largest absolute Gasteiger partial charge is 0.350 e. The highest BCUT2D eigenvalue weighted by atomic mass is 35.5. The molecule has 34 heavy (non-hydrogen) atoms. The molecule has 0 spiro atoms. The van der Waals surface area contributed by atoms with Gasteiger partial charge >= 0.3 is 5.69 Å². The third kappa shape index (κ3) is 4.04. The third-order valence-corrected chi connectivity index (χ3v) is 5.08. The summed E-state index contributed by atoms with van der Waals surface area (Å²) in [6.45, 7) is -0.472. The monoisotopic (exact) mass is 482 g/mol. The number of hydrogen-bond acceptors (Lipinski definition) is 6. The molecule has 3 aromatic heterocycles. The van der Waals surface area contributed by atoms with Crippen LogP contribution in [0.4, 0.5) is 14.5 Å². The van der Waals surface area contributed by atoms with Gasteiger partial charge in [-0.25, -0.2) is 22.7 Å². The number of nitrogens with zero attached hydrogens (tertiary/aromatic N) is 5. The summed E-state index contributed by atoms with van der Waals surface area (Å²) in [6, 6.07) is 12.7. The minimum absolute atomic E-state index is 0.0506. The maximum atomic E-state index is 14.0. The van der Waals surface area contributed by atoms with Crippen LogP contribution in [0.5, 0.6) is 0 Å². The summed E-state index contributed by atoms with van der Waals surface area (Å²) >= 11 is 5.71. The lowest BCUT2D eigenvalue weighted by molar-refractivity contribution is -0.117. The Labute approximate surface area is 194 Å². The van der Waals surface area contributed by atoms with E-state index in [9.17, 15) is 18.4 Å². The molecule has 0 aliphatic carbocycles. The molecule has 0 saturated heterocycles. The van der Waals surface area contributed by atoms with Crippen molar-refractivity contribution in [3.8, 4) is 22.8 Å². The van der Waals surface area contributed by atoms with E-state index >= 15 is 0 Å².